The first kappa shape index (κ1) is 14.0. The van der Waals surface area contributed by atoms with E-state index in [0.29, 0.717) is 5.69 Å². The topological polar surface area (TPSA) is 80.9 Å². The number of pyridine rings is 2. The number of hydrogen-bond donors (Lipinski definition) is 2. The van der Waals surface area contributed by atoms with Gasteiger partial charge in [0.1, 0.15) is 0 Å². The van der Waals surface area contributed by atoms with Crippen molar-refractivity contribution in [3.8, 4) is 0 Å². The molecule has 0 fully saturated rings. The highest BCUT2D eigenvalue weighted by molar-refractivity contribution is 5.92. The zero-order valence-electron chi connectivity index (χ0n) is 12.2. The maximum atomic E-state index is 12.1. The molecule has 1 aromatic carbocycles. The lowest BCUT2D eigenvalue weighted by molar-refractivity contribution is -0.115. The first-order chi connectivity index (χ1) is 10.6. The SMILES string of the molecule is Cc1cc(NC(=O)Cc2ccc3cc(N)ccc3n2)ccn1. The van der Waals surface area contributed by atoms with Crippen LogP contribution >= 0.6 is 0 Å². The van der Waals surface area contributed by atoms with Crippen LogP contribution in [0.1, 0.15) is 11.4 Å². The van der Waals surface area contributed by atoms with Crippen LogP contribution in [0.4, 0.5) is 11.4 Å². The number of nitrogens with zero attached hydrogens (tertiary/aromatic N) is 2. The molecule has 0 bridgehead atoms. The molecule has 3 aromatic rings. The van der Waals surface area contributed by atoms with Gasteiger partial charge < -0.3 is 11.1 Å². The van der Waals surface area contributed by atoms with E-state index < -0.39 is 0 Å². The molecule has 0 saturated heterocycles. The molecule has 110 valence electrons. The molecule has 2 heterocycles. The number of amides is 1. The number of carbonyl (C=O) groups excluding carboxylic acids is 1. The molecule has 5 heteroatoms. The van der Waals surface area contributed by atoms with Crippen molar-refractivity contribution in [2.75, 3.05) is 11.1 Å². The lowest BCUT2D eigenvalue weighted by atomic mass is 10.1. The Labute approximate surface area is 128 Å². The molecule has 0 aliphatic heterocycles. The molecule has 0 saturated carbocycles. The summed E-state index contributed by atoms with van der Waals surface area (Å²) in [5.74, 6) is -0.104. The van der Waals surface area contributed by atoms with Gasteiger partial charge in [-0.3, -0.25) is 14.8 Å². The minimum Gasteiger partial charge on any atom is -0.399 e. The highest BCUT2D eigenvalue weighted by atomic mass is 16.1. The molecule has 0 spiro atoms. The van der Waals surface area contributed by atoms with Gasteiger partial charge in [0.15, 0.2) is 0 Å². The van der Waals surface area contributed by atoms with Gasteiger partial charge in [-0.05, 0) is 43.3 Å². The van der Waals surface area contributed by atoms with Crippen molar-refractivity contribution in [3.05, 3.63) is 60.0 Å². The van der Waals surface area contributed by atoms with Crippen molar-refractivity contribution in [3.63, 3.8) is 0 Å². The number of aryl methyl sites for hydroxylation is 1. The summed E-state index contributed by atoms with van der Waals surface area (Å²) in [6, 6.07) is 12.9. The number of nitrogen functional groups attached to an aromatic ring is 1. The van der Waals surface area contributed by atoms with Crippen LogP contribution in [-0.4, -0.2) is 15.9 Å². The number of rotatable bonds is 3. The molecule has 3 N–H and O–H groups in total. The van der Waals surface area contributed by atoms with E-state index in [-0.39, 0.29) is 12.3 Å². The van der Waals surface area contributed by atoms with E-state index in [2.05, 4.69) is 15.3 Å². The summed E-state index contributed by atoms with van der Waals surface area (Å²) in [7, 11) is 0. The second-order valence-electron chi connectivity index (χ2n) is 5.17. The van der Waals surface area contributed by atoms with Crippen LogP contribution in [0.2, 0.25) is 0 Å². The Morgan fingerprint density at radius 2 is 2.05 bits per heavy atom. The quantitative estimate of drug-likeness (QED) is 0.727. The highest BCUT2D eigenvalue weighted by Gasteiger charge is 2.07. The normalized spacial score (nSPS) is 10.6. The zero-order chi connectivity index (χ0) is 15.5. The lowest BCUT2D eigenvalue weighted by Gasteiger charge is -2.06. The number of fused-ring (bicyclic) bond motifs is 1. The van der Waals surface area contributed by atoms with Crippen molar-refractivity contribution in [1.29, 1.82) is 0 Å². The summed E-state index contributed by atoms with van der Waals surface area (Å²) < 4.78 is 0. The van der Waals surface area contributed by atoms with Crippen LogP contribution in [0, 0.1) is 6.92 Å². The number of aromatic nitrogens is 2. The standard InChI is InChI=1S/C17H16N4O/c1-11-8-15(6-7-19-11)21-17(22)10-14-4-2-12-9-13(18)3-5-16(12)20-14/h2-9H,10,18H2,1H3,(H,19,21,22). The predicted molar refractivity (Wildman–Crippen MR) is 87.5 cm³/mol. The summed E-state index contributed by atoms with van der Waals surface area (Å²) in [6.07, 6.45) is 1.89. The van der Waals surface area contributed by atoms with Crippen LogP contribution in [-0.2, 0) is 11.2 Å². The first-order valence-electron chi connectivity index (χ1n) is 6.98. The maximum Gasteiger partial charge on any atom is 0.230 e. The molecule has 0 aliphatic rings. The van der Waals surface area contributed by atoms with Crippen LogP contribution in [0.15, 0.2) is 48.7 Å². The second kappa shape index (κ2) is 5.81. The summed E-state index contributed by atoms with van der Waals surface area (Å²) in [4.78, 5) is 20.7. The van der Waals surface area contributed by atoms with Gasteiger partial charge in [0.05, 0.1) is 17.6 Å². The molecule has 0 atom stereocenters. The number of hydrogen-bond acceptors (Lipinski definition) is 4. The van der Waals surface area contributed by atoms with Crippen molar-refractivity contribution in [2.24, 2.45) is 0 Å². The lowest BCUT2D eigenvalue weighted by Crippen LogP contribution is -2.15. The number of anilines is 2. The van der Waals surface area contributed by atoms with Gasteiger partial charge in [-0.2, -0.15) is 0 Å². The zero-order valence-corrected chi connectivity index (χ0v) is 12.2. The van der Waals surface area contributed by atoms with Gasteiger partial charge in [0.25, 0.3) is 0 Å². The molecule has 2 aromatic heterocycles. The van der Waals surface area contributed by atoms with Crippen LogP contribution in [0.25, 0.3) is 10.9 Å². The summed E-state index contributed by atoms with van der Waals surface area (Å²) in [5.41, 5.74) is 9.60. The third-order valence-electron chi connectivity index (χ3n) is 3.29. The third-order valence-corrected chi connectivity index (χ3v) is 3.29. The van der Waals surface area contributed by atoms with Gasteiger partial charge in [-0.15, -0.1) is 0 Å². The monoisotopic (exact) mass is 292 g/mol. The predicted octanol–water partition coefficient (Wildman–Crippen LogP) is 2.70. The number of carbonyl (C=O) groups is 1. The largest absolute Gasteiger partial charge is 0.399 e. The fourth-order valence-corrected chi connectivity index (χ4v) is 2.28. The minimum atomic E-state index is -0.104. The van der Waals surface area contributed by atoms with Crippen molar-refractivity contribution < 1.29 is 4.79 Å². The summed E-state index contributed by atoms with van der Waals surface area (Å²) >= 11 is 0. The Bertz CT molecular complexity index is 845. The van der Waals surface area contributed by atoms with E-state index in [1.165, 1.54) is 0 Å². The van der Waals surface area contributed by atoms with Gasteiger partial charge in [-0.1, -0.05) is 6.07 Å². The van der Waals surface area contributed by atoms with Gasteiger partial charge in [0.2, 0.25) is 5.91 Å². The van der Waals surface area contributed by atoms with Crippen molar-refractivity contribution >= 4 is 28.2 Å². The van der Waals surface area contributed by atoms with Gasteiger partial charge in [0, 0.05) is 28.7 Å². The summed E-state index contributed by atoms with van der Waals surface area (Å²) in [5, 5.41) is 3.82. The van der Waals surface area contributed by atoms with E-state index in [9.17, 15) is 4.79 Å². The number of nitrogens with two attached hydrogens (primary N) is 1. The molecule has 1 amide bonds. The van der Waals surface area contributed by atoms with E-state index >= 15 is 0 Å². The molecule has 0 unspecified atom stereocenters. The fourth-order valence-electron chi connectivity index (χ4n) is 2.28. The second-order valence-corrected chi connectivity index (χ2v) is 5.17. The Hall–Kier alpha value is -2.95. The number of benzene rings is 1. The third kappa shape index (κ3) is 3.20. The molecular formula is C17H16N4O. The Morgan fingerprint density at radius 1 is 1.18 bits per heavy atom. The number of nitrogens with one attached hydrogen (secondary N) is 1. The van der Waals surface area contributed by atoms with Gasteiger partial charge in [-0.25, -0.2) is 0 Å². The van der Waals surface area contributed by atoms with Gasteiger partial charge >= 0.3 is 0 Å². The average Bonchev–Trinajstić information content (AvgIpc) is 2.47. The fraction of sp³-hybridized carbons (Fsp3) is 0.118. The molecule has 0 aliphatic carbocycles. The molecule has 0 radical (unpaired) electrons. The van der Waals surface area contributed by atoms with E-state index in [4.69, 9.17) is 5.73 Å². The molecule has 5 nitrogen and oxygen atoms in total. The Morgan fingerprint density at radius 3 is 2.86 bits per heavy atom. The van der Waals surface area contributed by atoms with Crippen molar-refractivity contribution in [1.82, 2.24) is 9.97 Å². The maximum absolute atomic E-state index is 12.1. The highest BCUT2D eigenvalue weighted by Crippen LogP contribution is 2.16. The van der Waals surface area contributed by atoms with E-state index in [0.717, 1.165) is 28.0 Å². The van der Waals surface area contributed by atoms with E-state index in [1.54, 1.807) is 18.3 Å². The van der Waals surface area contributed by atoms with Crippen LogP contribution in [0.5, 0.6) is 0 Å². The molecule has 3 rings (SSSR count). The average molecular weight is 292 g/mol. The first-order valence-corrected chi connectivity index (χ1v) is 6.98. The summed E-state index contributed by atoms with van der Waals surface area (Å²) in [6.45, 7) is 1.88. The molecular weight excluding hydrogens is 276 g/mol. The van der Waals surface area contributed by atoms with Crippen LogP contribution < -0.4 is 11.1 Å². The van der Waals surface area contributed by atoms with Crippen molar-refractivity contribution in [2.45, 2.75) is 13.3 Å². The minimum absolute atomic E-state index is 0.104. The van der Waals surface area contributed by atoms with Crippen LogP contribution in [0.3, 0.4) is 0 Å². The Balaban J connectivity index is 1.75. The Kier molecular flexibility index (Phi) is 3.70. The molecule has 22 heavy (non-hydrogen) atoms. The smallest absolute Gasteiger partial charge is 0.230 e. The van der Waals surface area contributed by atoms with E-state index in [1.807, 2.05) is 37.3 Å².